The highest BCUT2D eigenvalue weighted by molar-refractivity contribution is 6.00. The summed E-state index contributed by atoms with van der Waals surface area (Å²) >= 11 is 0. The molecule has 2 aromatic carbocycles. The van der Waals surface area contributed by atoms with Gasteiger partial charge in [-0.3, -0.25) is 9.59 Å². The van der Waals surface area contributed by atoms with E-state index in [4.69, 9.17) is 9.47 Å². The number of amides is 2. The first-order chi connectivity index (χ1) is 13.2. The highest BCUT2D eigenvalue weighted by Gasteiger charge is 2.35. The molecule has 0 spiro atoms. The van der Waals surface area contributed by atoms with Gasteiger partial charge in [-0.1, -0.05) is 30.3 Å². The monoisotopic (exact) mass is 366 g/mol. The maximum atomic E-state index is 12.5. The summed E-state index contributed by atoms with van der Waals surface area (Å²) in [7, 11) is 0. The van der Waals surface area contributed by atoms with Crippen LogP contribution in [0.5, 0.6) is 11.5 Å². The fraction of sp³-hybridized carbons (Fsp3) is 0.333. The Morgan fingerprint density at radius 3 is 2.67 bits per heavy atom. The van der Waals surface area contributed by atoms with E-state index < -0.39 is 0 Å². The molecular weight excluding hydrogens is 344 g/mol. The summed E-state index contributed by atoms with van der Waals surface area (Å²) in [6, 6.07) is 15.5. The van der Waals surface area contributed by atoms with Gasteiger partial charge in [0.05, 0.1) is 5.92 Å². The number of ether oxygens (including phenoxy) is 2. The smallest absolute Gasteiger partial charge is 0.227 e. The molecule has 2 aliphatic rings. The maximum Gasteiger partial charge on any atom is 0.227 e. The molecular formula is C21H22N2O4. The lowest BCUT2D eigenvalue weighted by Gasteiger charge is -2.22. The van der Waals surface area contributed by atoms with Gasteiger partial charge >= 0.3 is 0 Å². The van der Waals surface area contributed by atoms with Crippen molar-refractivity contribution >= 4 is 17.5 Å². The molecule has 2 aromatic rings. The molecule has 27 heavy (non-hydrogen) atoms. The van der Waals surface area contributed by atoms with Crippen LogP contribution in [0.3, 0.4) is 0 Å². The van der Waals surface area contributed by atoms with Crippen LogP contribution in [0.2, 0.25) is 0 Å². The number of hydrogen-bond acceptors (Lipinski definition) is 4. The highest BCUT2D eigenvalue weighted by Crippen LogP contribution is 2.35. The van der Waals surface area contributed by atoms with E-state index in [2.05, 4.69) is 5.32 Å². The van der Waals surface area contributed by atoms with Crippen LogP contribution in [0.15, 0.2) is 48.5 Å². The molecule has 1 fully saturated rings. The van der Waals surface area contributed by atoms with Gasteiger partial charge in [0.2, 0.25) is 11.8 Å². The van der Waals surface area contributed by atoms with E-state index in [1.54, 1.807) is 4.90 Å². The molecule has 2 aliphatic heterocycles. The molecule has 0 saturated carbocycles. The van der Waals surface area contributed by atoms with Crippen LogP contribution in [-0.2, 0) is 16.0 Å². The summed E-state index contributed by atoms with van der Waals surface area (Å²) in [5, 5.41) is 2.95. The summed E-state index contributed by atoms with van der Waals surface area (Å²) in [5.41, 5.74) is 1.92. The van der Waals surface area contributed by atoms with Crippen molar-refractivity contribution in [3.63, 3.8) is 0 Å². The van der Waals surface area contributed by atoms with Crippen molar-refractivity contribution in [2.75, 3.05) is 31.2 Å². The zero-order valence-electron chi connectivity index (χ0n) is 15.0. The van der Waals surface area contributed by atoms with Crippen molar-refractivity contribution in [2.24, 2.45) is 5.92 Å². The van der Waals surface area contributed by atoms with E-state index in [0.717, 1.165) is 12.1 Å². The molecule has 1 atom stereocenters. The standard InChI is InChI=1S/C21H22N2O4/c24-20-12-16(21(25)22-9-8-15-4-2-1-3-5-15)14-23(20)17-6-7-18-19(13-17)27-11-10-26-18/h1-7,13,16H,8-12,14H2,(H,22,25)/t16-/m1/s1. The number of fused-ring (bicyclic) bond motifs is 1. The van der Waals surface area contributed by atoms with Crippen LogP contribution in [0, 0.1) is 5.92 Å². The topological polar surface area (TPSA) is 67.9 Å². The SMILES string of the molecule is O=C(NCCc1ccccc1)[C@@H]1CC(=O)N(c2ccc3c(c2)OCCO3)C1. The molecule has 2 amide bonds. The predicted molar refractivity (Wildman–Crippen MR) is 101 cm³/mol. The number of rotatable bonds is 5. The van der Waals surface area contributed by atoms with Gasteiger partial charge in [-0.2, -0.15) is 0 Å². The Balaban J connectivity index is 1.35. The molecule has 0 aromatic heterocycles. The van der Waals surface area contributed by atoms with Crippen molar-refractivity contribution < 1.29 is 19.1 Å². The molecule has 0 unspecified atom stereocenters. The Labute approximate surface area is 158 Å². The van der Waals surface area contributed by atoms with E-state index in [9.17, 15) is 9.59 Å². The van der Waals surface area contributed by atoms with Crippen molar-refractivity contribution in [3.8, 4) is 11.5 Å². The first kappa shape index (κ1) is 17.4. The highest BCUT2D eigenvalue weighted by atomic mass is 16.6. The van der Waals surface area contributed by atoms with Gasteiger partial charge in [0.1, 0.15) is 13.2 Å². The molecule has 0 bridgehead atoms. The predicted octanol–water partition coefficient (Wildman–Crippen LogP) is 2.17. The number of carbonyl (C=O) groups is 2. The molecule has 1 saturated heterocycles. The second-order valence-corrected chi connectivity index (χ2v) is 6.76. The van der Waals surface area contributed by atoms with E-state index >= 15 is 0 Å². The third-order valence-corrected chi connectivity index (χ3v) is 4.89. The van der Waals surface area contributed by atoms with Crippen LogP contribution in [-0.4, -0.2) is 38.1 Å². The quantitative estimate of drug-likeness (QED) is 0.881. The van der Waals surface area contributed by atoms with Crippen molar-refractivity contribution in [3.05, 3.63) is 54.1 Å². The lowest BCUT2D eigenvalue weighted by molar-refractivity contribution is -0.126. The molecule has 4 rings (SSSR count). The summed E-state index contributed by atoms with van der Waals surface area (Å²) in [6.45, 7) is 1.98. The number of carbonyl (C=O) groups excluding carboxylic acids is 2. The zero-order valence-corrected chi connectivity index (χ0v) is 15.0. The Kier molecular flexibility index (Phi) is 4.96. The molecule has 0 aliphatic carbocycles. The molecule has 2 heterocycles. The Morgan fingerprint density at radius 2 is 1.85 bits per heavy atom. The van der Waals surface area contributed by atoms with E-state index in [-0.39, 0.29) is 24.2 Å². The largest absolute Gasteiger partial charge is 0.486 e. The zero-order chi connectivity index (χ0) is 18.6. The molecule has 6 heteroatoms. The van der Waals surface area contributed by atoms with Gasteiger partial charge in [0.25, 0.3) is 0 Å². The third-order valence-electron chi connectivity index (χ3n) is 4.89. The molecule has 140 valence electrons. The van der Waals surface area contributed by atoms with Crippen molar-refractivity contribution in [2.45, 2.75) is 12.8 Å². The van der Waals surface area contributed by atoms with Crippen molar-refractivity contribution in [1.29, 1.82) is 0 Å². The number of nitrogens with one attached hydrogen (secondary N) is 1. The minimum Gasteiger partial charge on any atom is -0.486 e. The van der Waals surface area contributed by atoms with Crippen LogP contribution in [0.4, 0.5) is 5.69 Å². The fourth-order valence-corrected chi connectivity index (χ4v) is 3.45. The Morgan fingerprint density at radius 1 is 1.07 bits per heavy atom. The fourth-order valence-electron chi connectivity index (χ4n) is 3.45. The lowest BCUT2D eigenvalue weighted by atomic mass is 10.1. The molecule has 0 radical (unpaired) electrons. The van der Waals surface area contributed by atoms with Crippen LogP contribution >= 0.6 is 0 Å². The number of hydrogen-bond donors (Lipinski definition) is 1. The van der Waals surface area contributed by atoms with E-state index in [0.29, 0.717) is 37.8 Å². The van der Waals surface area contributed by atoms with Crippen LogP contribution in [0.1, 0.15) is 12.0 Å². The van der Waals surface area contributed by atoms with Gasteiger partial charge in [0, 0.05) is 31.3 Å². The summed E-state index contributed by atoms with van der Waals surface area (Å²) < 4.78 is 11.1. The van der Waals surface area contributed by atoms with Gasteiger partial charge < -0.3 is 19.7 Å². The number of anilines is 1. The third kappa shape index (κ3) is 3.89. The first-order valence-corrected chi connectivity index (χ1v) is 9.22. The summed E-state index contributed by atoms with van der Waals surface area (Å²) in [6.07, 6.45) is 1.00. The van der Waals surface area contributed by atoms with Crippen molar-refractivity contribution in [1.82, 2.24) is 5.32 Å². The van der Waals surface area contributed by atoms with Crippen LogP contribution in [0.25, 0.3) is 0 Å². The lowest BCUT2D eigenvalue weighted by Crippen LogP contribution is -2.34. The van der Waals surface area contributed by atoms with Gasteiger partial charge in [-0.05, 0) is 24.1 Å². The summed E-state index contributed by atoms with van der Waals surface area (Å²) in [5.74, 6) is 0.879. The van der Waals surface area contributed by atoms with Crippen LogP contribution < -0.4 is 19.7 Å². The van der Waals surface area contributed by atoms with Gasteiger partial charge in [-0.15, -0.1) is 0 Å². The van der Waals surface area contributed by atoms with E-state index in [1.807, 2.05) is 48.5 Å². The number of nitrogens with zero attached hydrogens (tertiary/aromatic N) is 1. The molecule has 1 N–H and O–H groups in total. The first-order valence-electron chi connectivity index (χ1n) is 9.22. The average molecular weight is 366 g/mol. The van der Waals surface area contributed by atoms with Gasteiger partial charge in [-0.25, -0.2) is 0 Å². The summed E-state index contributed by atoms with van der Waals surface area (Å²) in [4.78, 5) is 26.5. The normalized spacial score (nSPS) is 18.4. The second kappa shape index (κ2) is 7.70. The molecule has 6 nitrogen and oxygen atoms in total. The minimum atomic E-state index is -0.332. The Hall–Kier alpha value is -3.02. The average Bonchev–Trinajstić information content (AvgIpc) is 3.10. The minimum absolute atomic E-state index is 0.0464. The number of benzene rings is 2. The Bertz CT molecular complexity index is 837. The maximum absolute atomic E-state index is 12.5. The van der Waals surface area contributed by atoms with E-state index in [1.165, 1.54) is 5.56 Å². The second-order valence-electron chi connectivity index (χ2n) is 6.76. The van der Waals surface area contributed by atoms with Gasteiger partial charge in [0.15, 0.2) is 11.5 Å².